The molecule has 1 aromatic rings. The molecule has 0 aromatic carbocycles. The second kappa shape index (κ2) is 6.35. The minimum absolute atomic E-state index is 0.0107. The quantitative estimate of drug-likeness (QED) is 0.772. The van der Waals surface area contributed by atoms with Crippen molar-refractivity contribution in [1.82, 2.24) is 9.88 Å². The van der Waals surface area contributed by atoms with Crippen LogP contribution in [0.2, 0.25) is 0 Å². The summed E-state index contributed by atoms with van der Waals surface area (Å²) in [6, 6.07) is 1.70. The molecule has 1 aromatic heterocycles. The molecule has 1 amide bonds. The fourth-order valence-corrected chi connectivity index (χ4v) is 2.20. The Labute approximate surface area is 113 Å². The summed E-state index contributed by atoms with van der Waals surface area (Å²) in [6.45, 7) is 3.60. The molecule has 0 spiro atoms. The third kappa shape index (κ3) is 3.33. The van der Waals surface area contributed by atoms with Gasteiger partial charge in [0.15, 0.2) is 0 Å². The zero-order chi connectivity index (χ0) is 13.7. The summed E-state index contributed by atoms with van der Waals surface area (Å²) in [6.07, 6.45) is 5.27. The lowest BCUT2D eigenvalue weighted by molar-refractivity contribution is 0.0697. The number of carbonyl (C=O) groups excluding carboxylic acids is 1. The summed E-state index contributed by atoms with van der Waals surface area (Å²) < 4.78 is 0. The minimum atomic E-state index is -0.218. The number of pyridine rings is 1. The number of likely N-dealkylation sites (tertiary alicyclic amines) is 1. The van der Waals surface area contributed by atoms with Crippen molar-refractivity contribution in [3.63, 3.8) is 0 Å². The fourth-order valence-electron chi connectivity index (χ4n) is 2.20. The van der Waals surface area contributed by atoms with E-state index in [1.165, 1.54) is 0 Å². The summed E-state index contributed by atoms with van der Waals surface area (Å²) in [5, 5.41) is 8.75. The van der Waals surface area contributed by atoms with E-state index in [1.807, 2.05) is 4.90 Å². The van der Waals surface area contributed by atoms with Crippen molar-refractivity contribution in [1.29, 1.82) is 0 Å². The Morgan fingerprint density at radius 1 is 1.53 bits per heavy atom. The molecule has 19 heavy (non-hydrogen) atoms. The number of piperidine rings is 1. The van der Waals surface area contributed by atoms with Gasteiger partial charge < -0.3 is 10.0 Å². The Morgan fingerprint density at radius 3 is 2.95 bits per heavy atom. The molecule has 1 N–H and O–H groups in total. The number of nitrogens with zero attached hydrogens (tertiary/aromatic N) is 2. The van der Waals surface area contributed by atoms with Crippen LogP contribution >= 0.6 is 0 Å². The lowest BCUT2D eigenvalue weighted by Gasteiger charge is -2.30. The van der Waals surface area contributed by atoms with Crippen LogP contribution in [-0.4, -0.2) is 40.6 Å². The van der Waals surface area contributed by atoms with Gasteiger partial charge in [-0.15, -0.1) is 0 Å². The molecule has 1 fully saturated rings. The second-order valence-corrected chi connectivity index (χ2v) is 4.86. The number of aliphatic hydroxyl groups is 1. The first-order chi connectivity index (χ1) is 9.22. The van der Waals surface area contributed by atoms with Gasteiger partial charge in [0.05, 0.1) is 11.1 Å². The van der Waals surface area contributed by atoms with Crippen molar-refractivity contribution in [3.8, 4) is 11.8 Å². The first-order valence-corrected chi connectivity index (χ1v) is 6.55. The molecule has 1 aliphatic rings. The average Bonchev–Trinajstić information content (AvgIpc) is 2.45. The maximum Gasteiger partial charge on any atom is 0.255 e. The van der Waals surface area contributed by atoms with E-state index < -0.39 is 0 Å². The first-order valence-electron chi connectivity index (χ1n) is 6.55. The van der Waals surface area contributed by atoms with Gasteiger partial charge in [-0.2, -0.15) is 0 Å². The Balaban J connectivity index is 2.19. The monoisotopic (exact) mass is 258 g/mol. The van der Waals surface area contributed by atoms with Crippen LogP contribution in [0.3, 0.4) is 0 Å². The highest BCUT2D eigenvalue weighted by Gasteiger charge is 2.22. The number of carbonyl (C=O) groups is 1. The molecular weight excluding hydrogens is 240 g/mol. The van der Waals surface area contributed by atoms with Gasteiger partial charge in [0.1, 0.15) is 6.61 Å². The van der Waals surface area contributed by atoms with Crippen molar-refractivity contribution in [2.24, 2.45) is 5.92 Å². The number of rotatable bonds is 1. The topological polar surface area (TPSA) is 53.4 Å². The van der Waals surface area contributed by atoms with E-state index in [-0.39, 0.29) is 12.5 Å². The van der Waals surface area contributed by atoms with E-state index in [9.17, 15) is 4.79 Å². The highest BCUT2D eigenvalue weighted by Crippen LogP contribution is 2.19. The molecule has 0 saturated carbocycles. The molecule has 100 valence electrons. The predicted molar refractivity (Wildman–Crippen MR) is 72.5 cm³/mol. The van der Waals surface area contributed by atoms with E-state index >= 15 is 0 Å². The van der Waals surface area contributed by atoms with Crippen molar-refractivity contribution >= 4 is 5.91 Å². The van der Waals surface area contributed by atoms with Crippen molar-refractivity contribution in [2.75, 3.05) is 19.7 Å². The maximum absolute atomic E-state index is 12.5. The molecule has 0 unspecified atom stereocenters. The highest BCUT2D eigenvalue weighted by molar-refractivity contribution is 5.96. The average molecular weight is 258 g/mol. The third-order valence-electron chi connectivity index (χ3n) is 3.42. The largest absolute Gasteiger partial charge is 0.384 e. The molecule has 4 heteroatoms. The Kier molecular flexibility index (Phi) is 4.53. The number of hydrogen-bond donors (Lipinski definition) is 1. The first kappa shape index (κ1) is 13.6. The fraction of sp³-hybridized carbons (Fsp3) is 0.467. The molecule has 0 radical (unpaired) electrons. The van der Waals surface area contributed by atoms with Crippen LogP contribution in [0.1, 0.15) is 35.7 Å². The lowest BCUT2D eigenvalue weighted by Crippen LogP contribution is -2.38. The molecule has 0 bridgehead atoms. The second-order valence-electron chi connectivity index (χ2n) is 4.86. The number of hydrogen-bond acceptors (Lipinski definition) is 3. The molecule has 0 aliphatic carbocycles. The van der Waals surface area contributed by atoms with E-state index in [1.54, 1.807) is 18.5 Å². The van der Waals surface area contributed by atoms with Gasteiger partial charge in [-0.3, -0.25) is 9.78 Å². The van der Waals surface area contributed by atoms with Crippen LogP contribution in [0.5, 0.6) is 0 Å². The van der Waals surface area contributed by atoms with Gasteiger partial charge >= 0.3 is 0 Å². The summed E-state index contributed by atoms with van der Waals surface area (Å²) in [4.78, 5) is 18.3. The molecular formula is C15H18N2O2. The lowest BCUT2D eigenvalue weighted by atomic mass is 9.98. The molecule has 2 heterocycles. The van der Waals surface area contributed by atoms with Gasteiger partial charge in [0.25, 0.3) is 5.91 Å². The molecule has 2 rings (SSSR count). The summed E-state index contributed by atoms with van der Waals surface area (Å²) in [5.41, 5.74) is 1.16. The third-order valence-corrected chi connectivity index (χ3v) is 3.42. The van der Waals surface area contributed by atoms with Crippen LogP contribution in [0.25, 0.3) is 0 Å². The van der Waals surface area contributed by atoms with Gasteiger partial charge in [-0.25, -0.2) is 0 Å². The zero-order valence-electron chi connectivity index (χ0n) is 11.1. The van der Waals surface area contributed by atoms with Crippen LogP contribution in [0, 0.1) is 17.8 Å². The summed E-state index contributed by atoms with van der Waals surface area (Å²) in [5.74, 6) is 6.05. The smallest absolute Gasteiger partial charge is 0.255 e. The minimum Gasteiger partial charge on any atom is -0.384 e. The Morgan fingerprint density at radius 2 is 2.26 bits per heavy atom. The molecule has 0 atom stereocenters. The standard InChI is InChI=1S/C15H18N2O2/c1-12-5-8-17(9-6-12)15(19)14-4-7-16-11-13(14)3-2-10-18/h4,7,11-12,18H,5-6,8-10H2,1H3. The Hall–Kier alpha value is -1.86. The van der Waals surface area contributed by atoms with Gasteiger partial charge in [0, 0.05) is 25.5 Å². The maximum atomic E-state index is 12.5. The van der Waals surface area contributed by atoms with Crippen molar-refractivity contribution in [3.05, 3.63) is 29.6 Å². The van der Waals surface area contributed by atoms with E-state index in [0.29, 0.717) is 17.0 Å². The molecule has 4 nitrogen and oxygen atoms in total. The van der Waals surface area contributed by atoms with Crippen LogP contribution < -0.4 is 0 Å². The summed E-state index contributed by atoms with van der Waals surface area (Å²) >= 11 is 0. The Bertz CT molecular complexity index is 508. The summed E-state index contributed by atoms with van der Waals surface area (Å²) in [7, 11) is 0. The number of aromatic nitrogens is 1. The van der Waals surface area contributed by atoms with Crippen molar-refractivity contribution < 1.29 is 9.90 Å². The van der Waals surface area contributed by atoms with Crippen molar-refractivity contribution in [2.45, 2.75) is 19.8 Å². The predicted octanol–water partition coefficient (Wildman–Crippen LogP) is 1.30. The van der Waals surface area contributed by atoms with E-state index in [4.69, 9.17) is 5.11 Å². The van der Waals surface area contributed by atoms with Gasteiger partial charge in [0.2, 0.25) is 0 Å². The van der Waals surface area contributed by atoms with Gasteiger partial charge in [-0.1, -0.05) is 18.8 Å². The number of amides is 1. The molecule has 1 saturated heterocycles. The van der Waals surface area contributed by atoms with Crippen LogP contribution in [0.15, 0.2) is 18.5 Å². The van der Waals surface area contributed by atoms with Crippen LogP contribution in [-0.2, 0) is 0 Å². The van der Waals surface area contributed by atoms with E-state index in [0.717, 1.165) is 25.9 Å². The zero-order valence-corrected chi connectivity index (χ0v) is 11.1. The van der Waals surface area contributed by atoms with Gasteiger partial charge in [-0.05, 0) is 24.8 Å². The van der Waals surface area contributed by atoms with E-state index in [2.05, 4.69) is 23.7 Å². The molecule has 1 aliphatic heterocycles. The normalized spacial score (nSPS) is 15.8. The SMILES string of the molecule is CC1CCN(C(=O)c2ccncc2C#CCO)CC1. The van der Waals surface area contributed by atoms with Crippen LogP contribution in [0.4, 0.5) is 0 Å². The number of aliphatic hydroxyl groups excluding tert-OH is 1. The highest BCUT2D eigenvalue weighted by atomic mass is 16.2.